The molecule has 3 nitrogen and oxygen atoms in total. The standard InChI is InChI=1S/C23H29NO2/c1-2-23(22(25)26-18-20-13-7-4-8-14-20)16-10-9-15-21(23)24-17-19-11-5-3-6-12-19/h3-8,11-14,21,24H,2,9-10,15-18H2,1H3/t21-,23-/m0/s1. The third-order valence-corrected chi connectivity index (χ3v) is 5.68. The van der Waals surface area contributed by atoms with Crippen LogP contribution in [-0.4, -0.2) is 12.0 Å². The maximum absolute atomic E-state index is 13.1. The van der Waals surface area contributed by atoms with Crippen LogP contribution in [0.4, 0.5) is 0 Å². The molecular weight excluding hydrogens is 322 g/mol. The van der Waals surface area contributed by atoms with Gasteiger partial charge in [0.1, 0.15) is 6.61 Å². The van der Waals surface area contributed by atoms with E-state index in [1.807, 2.05) is 36.4 Å². The summed E-state index contributed by atoms with van der Waals surface area (Å²) in [6, 6.07) is 20.5. The fraction of sp³-hybridized carbons (Fsp3) is 0.435. The highest BCUT2D eigenvalue weighted by Crippen LogP contribution is 2.41. The summed E-state index contributed by atoms with van der Waals surface area (Å²) in [5.41, 5.74) is 1.87. The summed E-state index contributed by atoms with van der Waals surface area (Å²) in [6.45, 7) is 3.26. The molecule has 26 heavy (non-hydrogen) atoms. The van der Waals surface area contributed by atoms with Crippen LogP contribution in [0, 0.1) is 5.41 Å². The van der Waals surface area contributed by atoms with E-state index in [1.165, 1.54) is 12.0 Å². The topological polar surface area (TPSA) is 38.3 Å². The van der Waals surface area contributed by atoms with Crippen LogP contribution in [0.5, 0.6) is 0 Å². The number of benzene rings is 2. The van der Waals surface area contributed by atoms with Crippen molar-refractivity contribution in [3.05, 3.63) is 71.8 Å². The Morgan fingerprint density at radius 1 is 1.04 bits per heavy atom. The first-order chi connectivity index (χ1) is 12.7. The second-order valence-corrected chi connectivity index (χ2v) is 7.24. The van der Waals surface area contributed by atoms with Crippen molar-refractivity contribution in [2.45, 2.75) is 58.2 Å². The summed E-state index contributed by atoms with van der Waals surface area (Å²) >= 11 is 0. The molecule has 1 aliphatic carbocycles. The molecule has 1 fully saturated rings. The fourth-order valence-electron chi connectivity index (χ4n) is 4.05. The van der Waals surface area contributed by atoms with Crippen molar-refractivity contribution < 1.29 is 9.53 Å². The van der Waals surface area contributed by atoms with Crippen LogP contribution in [0.1, 0.15) is 50.2 Å². The molecule has 1 N–H and O–H groups in total. The summed E-state index contributed by atoms with van der Waals surface area (Å²) in [5, 5.41) is 3.66. The maximum atomic E-state index is 13.1. The van der Waals surface area contributed by atoms with E-state index in [2.05, 4.69) is 36.5 Å². The minimum absolute atomic E-state index is 0.0471. The van der Waals surface area contributed by atoms with Crippen LogP contribution in [-0.2, 0) is 22.7 Å². The average molecular weight is 351 g/mol. The predicted molar refractivity (Wildman–Crippen MR) is 104 cm³/mol. The first-order valence-corrected chi connectivity index (χ1v) is 9.73. The summed E-state index contributed by atoms with van der Waals surface area (Å²) in [6.07, 6.45) is 5.01. The molecule has 138 valence electrons. The van der Waals surface area contributed by atoms with Crippen molar-refractivity contribution in [2.75, 3.05) is 0 Å². The zero-order chi connectivity index (χ0) is 18.2. The Labute approximate surface area is 156 Å². The molecule has 0 bridgehead atoms. The zero-order valence-corrected chi connectivity index (χ0v) is 15.6. The second-order valence-electron chi connectivity index (χ2n) is 7.24. The molecule has 3 heteroatoms. The lowest BCUT2D eigenvalue weighted by Crippen LogP contribution is -2.52. The monoisotopic (exact) mass is 351 g/mol. The van der Waals surface area contributed by atoms with Gasteiger partial charge < -0.3 is 10.1 Å². The maximum Gasteiger partial charge on any atom is 0.313 e. The molecule has 0 amide bonds. The van der Waals surface area contributed by atoms with Crippen molar-refractivity contribution >= 4 is 5.97 Å². The Hall–Kier alpha value is -2.13. The van der Waals surface area contributed by atoms with Gasteiger partial charge in [-0.1, -0.05) is 80.4 Å². The highest BCUT2D eigenvalue weighted by molar-refractivity contribution is 5.78. The largest absolute Gasteiger partial charge is 0.460 e. The van der Waals surface area contributed by atoms with E-state index in [9.17, 15) is 4.79 Å². The number of esters is 1. The zero-order valence-electron chi connectivity index (χ0n) is 15.6. The van der Waals surface area contributed by atoms with Crippen molar-refractivity contribution in [2.24, 2.45) is 5.41 Å². The number of nitrogens with one attached hydrogen (secondary N) is 1. The minimum Gasteiger partial charge on any atom is -0.460 e. The van der Waals surface area contributed by atoms with Gasteiger partial charge in [0.05, 0.1) is 5.41 Å². The number of carbonyl (C=O) groups is 1. The molecule has 2 aromatic carbocycles. The first-order valence-electron chi connectivity index (χ1n) is 9.73. The Morgan fingerprint density at radius 3 is 2.35 bits per heavy atom. The summed E-state index contributed by atoms with van der Waals surface area (Å²) in [4.78, 5) is 13.1. The molecule has 2 aromatic rings. The average Bonchev–Trinajstić information content (AvgIpc) is 2.72. The number of ether oxygens (including phenoxy) is 1. The molecule has 0 radical (unpaired) electrons. The Balaban J connectivity index is 1.67. The van der Waals surface area contributed by atoms with E-state index in [0.29, 0.717) is 6.61 Å². The first kappa shape index (κ1) is 18.7. The van der Waals surface area contributed by atoms with Gasteiger partial charge in [0.25, 0.3) is 0 Å². The molecule has 0 spiro atoms. The molecule has 1 aliphatic rings. The van der Waals surface area contributed by atoms with Gasteiger partial charge >= 0.3 is 5.97 Å². The van der Waals surface area contributed by atoms with Crippen LogP contribution in [0.15, 0.2) is 60.7 Å². The van der Waals surface area contributed by atoms with Gasteiger partial charge in [-0.25, -0.2) is 0 Å². The molecule has 0 saturated heterocycles. The molecule has 2 atom stereocenters. The van der Waals surface area contributed by atoms with E-state index in [4.69, 9.17) is 4.74 Å². The van der Waals surface area contributed by atoms with Crippen LogP contribution in [0.2, 0.25) is 0 Å². The molecule has 0 aromatic heterocycles. The Morgan fingerprint density at radius 2 is 1.69 bits per heavy atom. The van der Waals surface area contributed by atoms with Gasteiger partial charge in [-0.15, -0.1) is 0 Å². The second kappa shape index (κ2) is 9.00. The quantitative estimate of drug-likeness (QED) is 0.724. The SMILES string of the molecule is CC[C@]1(C(=O)OCc2ccccc2)CCCC[C@@H]1NCc1ccccc1. The molecule has 0 heterocycles. The van der Waals surface area contributed by atoms with Gasteiger partial charge in [-0.05, 0) is 30.4 Å². The molecule has 3 rings (SSSR count). The van der Waals surface area contributed by atoms with Gasteiger partial charge in [0, 0.05) is 12.6 Å². The van der Waals surface area contributed by atoms with E-state index in [0.717, 1.165) is 37.8 Å². The van der Waals surface area contributed by atoms with Gasteiger partial charge in [0.15, 0.2) is 0 Å². The van der Waals surface area contributed by atoms with Crippen molar-refractivity contribution in [1.29, 1.82) is 0 Å². The normalized spacial score (nSPS) is 22.7. The van der Waals surface area contributed by atoms with Crippen LogP contribution in [0.3, 0.4) is 0 Å². The smallest absolute Gasteiger partial charge is 0.313 e. The van der Waals surface area contributed by atoms with E-state index < -0.39 is 5.41 Å². The van der Waals surface area contributed by atoms with Gasteiger partial charge in [-0.3, -0.25) is 4.79 Å². The van der Waals surface area contributed by atoms with Crippen molar-refractivity contribution in [3.63, 3.8) is 0 Å². The third-order valence-electron chi connectivity index (χ3n) is 5.68. The lowest BCUT2D eigenvalue weighted by atomic mass is 9.68. The summed E-state index contributed by atoms with van der Waals surface area (Å²) in [5.74, 6) is -0.0471. The number of hydrogen-bond donors (Lipinski definition) is 1. The fourth-order valence-corrected chi connectivity index (χ4v) is 4.05. The van der Waals surface area contributed by atoms with Crippen molar-refractivity contribution in [3.8, 4) is 0 Å². The molecular formula is C23H29NO2. The van der Waals surface area contributed by atoms with Crippen LogP contribution < -0.4 is 5.32 Å². The molecule has 0 aliphatic heterocycles. The Bertz CT molecular complexity index is 686. The number of rotatable bonds is 7. The number of carbonyl (C=O) groups excluding carboxylic acids is 1. The van der Waals surface area contributed by atoms with E-state index in [-0.39, 0.29) is 12.0 Å². The number of hydrogen-bond acceptors (Lipinski definition) is 3. The van der Waals surface area contributed by atoms with Gasteiger partial charge in [0.2, 0.25) is 0 Å². The minimum atomic E-state index is -0.415. The van der Waals surface area contributed by atoms with Crippen LogP contribution in [0.25, 0.3) is 0 Å². The highest BCUT2D eigenvalue weighted by atomic mass is 16.5. The summed E-state index contributed by atoms with van der Waals surface area (Å²) < 4.78 is 5.77. The van der Waals surface area contributed by atoms with Crippen LogP contribution >= 0.6 is 0 Å². The predicted octanol–water partition coefficient (Wildman–Crippen LogP) is 4.86. The third kappa shape index (κ3) is 4.34. The van der Waals surface area contributed by atoms with Gasteiger partial charge in [-0.2, -0.15) is 0 Å². The lowest BCUT2D eigenvalue weighted by Gasteiger charge is -2.42. The molecule has 0 unspecified atom stereocenters. The Kier molecular flexibility index (Phi) is 6.45. The lowest BCUT2D eigenvalue weighted by molar-refractivity contribution is -0.162. The van der Waals surface area contributed by atoms with E-state index in [1.54, 1.807) is 0 Å². The summed E-state index contributed by atoms with van der Waals surface area (Å²) in [7, 11) is 0. The highest BCUT2D eigenvalue weighted by Gasteiger charge is 2.46. The van der Waals surface area contributed by atoms with Crippen molar-refractivity contribution in [1.82, 2.24) is 5.32 Å². The molecule has 1 saturated carbocycles. The van der Waals surface area contributed by atoms with E-state index >= 15 is 0 Å².